The molecule has 3 nitrogen and oxygen atoms in total. The van der Waals surface area contributed by atoms with Crippen molar-refractivity contribution in [1.29, 1.82) is 0 Å². The highest BCUT2D eigenvalue weighted by molar-refractivity contribution is 5.78. The van der Waals surface area contributed by atoms with Gasteiger partial charge < -0.3 is 4.57 Å². The molecule has 0 spiro atoms. The van der Waals surface area contributed by atoms with Crippen LogP contribution in [0.4, 0.5) is 0 Å². The van der Waals surface area contributed by atoms with Crippen LogP contribution in [0.25, 0.3) is 11.0 Å². The molecule has 2 aromatic rings. The molecule has 0 radical (unpaired) electrons. The Morgan fingerprint density at radius 1 is 1.21 bits per heavy atom. The van der Waals surface area contributed by atoms with E-state index in [0.717, 1.165) is 11.4 Å². The number of aryl methyl sites for hydroxylation is 1. The van der Waals surface area contributed by atoms with Crippen molar-refractivity contribution in [3.63, 3.8) is 0 Å². The monoisotopic (exact) mass is 261 g/mol. The maximum absolute atomic E-state index is 4.19. The minimum atomic E-state index is 0.602. The second kappa shape index (κ2) is 7.27. The van der Waals surface area contributed by atoms with Crippen LogP contribution in [0.5, 0.6) is 0 Å². The van der Waals surface area contributed by atoms with Gasteiger partial charge in [0.15, 0.2) is 0 Å². The summed E-state index contributed by atoms with van der Waals surface area (Å²) < 4.78 is 2.36. The van der Waals surface area contributed by atoms with Gasteiger partial charge in [0.2, 0.25) is 0 Å². The Morgan fingerprint density at radius 2 is 1.84 bits per heavy atom. The summed E-state index contributed by atoms with van der Waals surface area (Å²) in [6.07, 6.45) is 6.73. The summed E-state index contributed by atoms with van der Waals surface area (Å²) in [6.45, 7) is 12.4. The molecule has 1 unspecified atom stereocenters. The molecule has 0 N–H and O–H groups in total. The van der Waals surface area contributed by atoms with Crippen molar-refractivity contribution in [2.45, 2.75) is 60.4 Å². The molecule has 19 heavy (non-hydrogen) atoms. The van der Waals surface area contributed by atoms with Crippen LogP contribution in [0.3, 0.4) is 0 Å². The maximum atomic E-state index is 4.19. The van der Waals surface area contributed by atoms with E-state index in [1.165, 1.54) is 23.9 Å². The summed E-state index contributed by atoms with van der Waals surface area (Å²) in [5.74, 6) is 0.869. The van der Waals surface area contributed by atoms with Gasteiger partial charge in [0.1, 0.15) is 5.52 Å². The van der Waals surface area contributed by atoms with Crippen molar-refractivity contribution in [2.75, 3.05) is 0 Å². The standard InChI is InChI=1S/C12H15N3.2C2H6/c1-8-7-15(9(2)10-3-4-10)11-5-6-13-14-12(8)11;2*1-2/h5-7,9-10H,3-4H2,1-2H3;2*1-2H3. The first-order valence-electron chi connectivity index (χ1n) is 7.56. The van der Waals surface area contributed by atoms with E-state index in [1.54, 1.807) is 6.20 Å². The van der Waals surface area contributed by atoms with Gasteiger partial charge in [0.25, 0.3) is 0 Å². The molecule has 0 aromatic carbocycles. The van der Waals surface area contributed by atoms with E-state index in [-0.39, 0.29) is 0 Å². The molecular weight excluding hydrogens is 234 g/mol. The highest BCUT2D eigenvalue weighted by Crippen LogP contribution is 2.40. The lowest BCUT2D eigenvalue weighted by Crippen LogP contribution is -2.05. The molecule has 0 aliphatic heterocycles. The molecule has 1 aliphatic rings. The summed E-state index contributed by atoms with van der Waals surface area (Å²) in [5, 5.41) is 8.14. The predicted octanol–water partition coefficient (Wildman–Crippen LogP) is 4.76. The molecule has 1 atom stereocenters. The van der Waals surface area contributed by atoms with Crippen LogP contribution in [0.2, 0.25) is 0 Å². The van der Waals surface area contributed by atoms with E-state index < -0.39 is 0 Å². The third kappa shape index (κ3) is 3.34. The highest BCUT2D eigenvalue weighted by atomic mass is 15.1. The Hall–Kier alpha value is -1.38. The lowest BCUT2D eigenvalue weighted by atomic mass is 10.2. The van der Waals surface area contributed by atoms with Crippen LogP contribution in [-0.4, -0.2) is 14.8 Å². The van der Waals surface area contributed by atoms with Crippen LogP contribution in [0, 0.1) is 12.8 Å². The Labute approximate surface area is 117 Å². The zero-order valence-electron chi connectivity index (χ0n) is 13.1. The number of nitrogens with zero attached hydrogens (tertiary/aromatic N) is 3. The molecule has 0 amide bonds. The lowest BCUT2D eigenvalue weighted by molar-refractivity contribution is 0.500. The van der Waals surface area contributed by atoms with E-state index in [9.17, 15) is 0 Å². The van der Waals surface area contributed by atoms with Crippen LogP contribution >= 0.6 is 0 Å². The number of aromatic nitrogens is 3. The van der Waals surface area contributed by atoms with Gasteiger partial charge in [-0.05, 0) is 44.2 Å². The molecule has 3 rings (SSSR count). The summed E-state index contributed by atoms with van der Waals surface area (Å²) >= 11 is 0. The fourth-order valence-electron chi connectivity index (χ4n) is 2.30. The fourth-order valence-corrected chi connectivity index (χ4v) is 2.30. The van der Waals surface area contributed by atoms with Crippen LogP contribution < -0.4 is 0 Å². The molecular formula is C16H27N3. The molecule has 3 heteroatoms. The van der Waals surface area contributed by atoms with E-state index in [1.807, 2.05) is 27.7 Å². The average molecular weight is 261 g/mol. The van der Waals surface area contributed by atoms with Gasteiger partial charge in [-0.25, -0.2) is 0 Å². The first kappa shape index (κ1) is 15.7. The topological polar surface area (TPSA) is 30.7 Å². The van der Waals surface area contributed by atoms with Crippen molar-refractivity contribution in [3.05, 3.63) is 24.0 Å². The van der Waals surface area contributed by atoms with Crippen LogP contribution in [-0.2, 0) is 0 Å². The number of hydrogen-bond acceptors (Lipinski definition) is 2. The number of fused-ring (bicyclic) bond motifs is 1. The Kier molecular flexibility index (Phi) is 6.00. The van der Waals surface area contributed by atoms with E-state index >= 15 is 0 Å². The third-order valence-corrected chi connectivity index (χ3v) is 3.43. The molecule has 2 heterocycles. The molecule has 106 valence electrons. The van der Waals surface area contributed by atoms with Crippen LogP contribution in [0.1, 0.15) is 59.1 Å². The summed E-state index contributed by atoms with van der Waals surface area (Å²) in [4.78, 5) is 0. The van der Waals surface area contributed by atoms with Crippen LogP contribution in [0.15, 0.2) is 18.5 Å². The minimum Gasteiger partial charge on any atom is -0.343 e. The first-order valence-corrected chi connectivity index (χ1v) is 7.56. The predicted molar refractivity (Wildman–Crippen MR) is 82.4 cm³/mol. The van der Waals surface area contributed by atoms with Crippen molar-refractivity contribution >= 4 is 11.0 Å². The average Bonchev–Trinajstić information content (AvgIpc) is 3.28. The normalized spacial score (nSPS) is 15.1. The SMILES string of the molecule is CC.CC.Cc1cn(C(C)C2CC2)c2ccnnc12. The Bertz CT molecular complexity index is 498. The Morgan fingerprint density at radius 3 is 2.42 bits per heavy atom. The van der Waals surface area contributed by atoms with Crippen molar-refractivity contribution < 1.29 is 0 Å². The van der Waals surface area contributed by atoms with Gasteiger partial charge in [0.05, 0.1) is 11.7 Å². The van der Waals surface area contributed by atoms with Crippen molar-refractivity contribution in [3.8, 4) is 0 Å². The molecule has 0 saturated heterocycles. The summed E-state index contributed by atoms with van der Waals surface area (Å²) in [5.41, 5.74) is 3.50. The summed E-state index contributed by atoms with van der Waals surface area (Å²) in [6, 6.07) is 2.67. The molecule has 1 fully saturated rings. The molecule has 1 saturated carbocycles. The highest BCUT2D eigenvalue weighted by Gasteiger charge is 2.29. The van der Waals surface area contributed by atoms with E-state index in [4.69, 9.17) is 0 Å². The second-order valence-corrected chi connectivity index (χ2v) is 4.56. The van der Waals surface area contributed by atoms with Gasteiger partial charge >= 0.3 is 0 Å². The number of hydrogen-bond donors (Lipinski definition) is 0. The quantitative estimate of drug-likeness (QED) is 0.780. The molecule has 0 bridgehead atoms. The first-order chi connectivity index (χ1) is 9.27. The minimum absolute atomic E-state index is 0.602. The molecule has 1 aliphatic carbocycles. The summed E-state index contributed by atoms with van der Waals surface area (Å²) in [7, 11) is 0. The van der Waals surface area contributed by atoms with Gasteiger partial charge in [0, 0.05) is 12.2 Å². The zero-order chi connectivity index (χ0) is 14.4. The van der Waals surface area contributed by atoms with Gasteiger partial charge in [-0.2, -0.15) is 5.10 Å². The lowest BCUT2D eigenvalue weighted by Gasteiger charge is -2.13. The molecule has 2 aromatic heterocycles. The zero-order valence-corrected chi connectivity index (χ0v) is 13.1. The van der Waals surface area contributed by atoms with E-state index in [2.05, 4.69) is 40.9 Å². The maximum Gasteiger partial charge on any atom is 0.114 e. The second-order valence-electron chi connectivity index (χ2n) is 4.56. The Balaban J connectivity index is 0.000000415. The third-order valence-electron chi connectivity index (χ3n) is 3.43. The van der Waals surface area contributed by atoms with Gasteiger partial charge in [-0.3, -0.25) is 0 Å². The van der Waals surface area contributed by atoms with Crippen molar-refractivity contribution in [1.82, 2.24) is 14.8 Å². The van der Waals surface area contributed by atoms with E-state index in [0.29, 0.717) is 6.04 Å². The van der Waals surface area contributed by atoms with Gasteiger partial charge in [-0.15, -0.1) is 5.10 Å². The largest absolute Gasteiger partial charge is 0.343 e. The fraction of sp³-hybridized carbons (Fsp3) is 0.625. The van der Waals surface area contributed by atoms with Gasteiger partial charge in [-0.1, -0.05) is 27.7 Å². The number of rotatable bonds is 2. The smallest absolute Gasteiger partial charge is 0.114 e. The van der Waals surface area contributed by atoms with Crippen molar-refractivity contribution in [2.24, 2.45) is 5.92 Å².